The van der Waals surface area contributed by atoms with E-state index in [1.807, 2.05) is 13.2 Å². The van der Waals surface area contributed by atoms with Gasteiger partial charge in [-0.25, -0.2) is 14.6 Å². The summed E-state index contributed by atoms with van der Waals surface area (Å²) in [4.78, 5) is 9.74. The molecule has 0 spiro atoms. The Bertz CT molecular complexity index is 465. The zero-order chi connectivity index (χ0) is 12.1. The second kappa shape index (κ2) is 6.02. The van der Waals surface area contributed by atoms with Gasteiger partial charge in [-0.1, -0.05) is 18.7 Å². The van der Waals surface area contributed by atoms with Crippen LogP contribution < -0.4 is 5.32 Å². The maximum atomic E-state index is 4.33. The van der Waals surface area contributed by atoms with Crippen LogP contribution in [0.5, 0.6) is 0 Å². The Morgan fingerprint density at radius 2 is 2.35 bits per heavy atom. The van der Waals surface area contributed by atoms with Gasteiger partial charge in [0.15, 0.2) is 10.3 Å². The third-order valence-corrected chi connectivity index (χ3v) is 4.31. The van der Waals surface area contributed by atoms with Gasteiger partial charge < -0.3 is 5.32 Å². The molecule has 2 aromatic rings. The number of anilines is 1. The average Bonchev–Trinajstić information content (AvgIpc) is 2.93. The molecule has 0 aliphatic heterocycles. The van der Waals surface area contributed by atoms with Crippen molar-refractivity contribution in [2.24, 2.45) is 7.05 Å². The number of nitrogens with zero attached hydrogens (tertiary/aromatic N) is 4. The van der Waals surface area contributed by atoms with Crippen LogP contribution in [0.25, 0.3) is 0 Å². The second-order valence-corrected chi connectivity index (χ2v) is 5.57. The molecule has 2 aromatic heterocycles. The van der Waals surface area contributed by atoms with Crippen LogP contribution in [-0.2, 0) is 12.8 Å². The Kier molecular flexibility index (Phi) is 4.38. The number of aromatic nitrogens is 4. The van der Waals surface area contributed by atoms with Crippen molar-refractivity contribution >= 4 is 28.2 Å². The topological polar surface area (TPSA) is 55.6 Å². The molecule has 0 fully saturated rings. The first kappa shape index (κ1) is 12.4. The maximum absolute atomic E-state index is 4.33. The number of thioether (sulfide) groups is 1. The van der Waals surface area contributed by atoms with Gasteiger partial charge in [0.1, 0.15) is 6.33 Å². The third kappa shape index (κ3) is 3.44. The highest BCUT2D eigenvalue weighted by Crippen LogP contribution is 2.25. The number of rotatable bonds is 6. The van der Waals surface area contributed by atoms with Gasteiger partial charge in [-0.3, -0.25) is 0 Å². The summed E-state index contributed by atoms with van der Waals surface area (Å²) in [7, 11) is 1.90. The Morgan fingerprint density at radius 1 is 1.47 bits per heavy atom. The van der Waals surface area contributed by atoms with E-state index in [1.54, 1.807) is 34.1 Å². The van der Waals surface area contributed by atoms with Crippen LogP contribution in [-0.4, -0.2) is 26.3 Å². The van der Waals surface area contributed by atoms with Crippen LogP contribution in [0.15, 0.2) is 17.7 Å². The van der Waals surface area contributed by atoms with Crippen molar-refractivity contribution in [2.75, 3.05) is 11.9 Å². The van der Waals surface area contributed by atoms with E-state index in [4.69, 9.17) is 0 Å². The molecule has 0 radical (unpaired) electrons. The lowest BCUT2D eigenvalue weighted by molar-refractivity contribution is 0.685. The first-order chi connectivity index (χ1) is 8.29. The van der Waals surface area contributed by atoms with Gasteiger partial charge in [0, 0.05) is 30.4 Å². The van der Waals surface area contributed by atoms with Crippen LogP contribution in [0.2, 0.25) is 0 Å². The fourth-order valence-electron chi connectivity index (χ4n) is 1.24. The van der Waals surface area contributed by atoms with Gasteiger partial charge in [0.05, 0.1) is 0 Å². The molecule has 0 amide bonds. The summed E-state index contributed by atoms with van der Waals surface area (Å²) >= 11 is 3.38. The van der Waals surface area contributed by atoms with Gasteiger partial charge >= 0.3 is 0 Å². The Hall–Kier alpha value is -1.08. The minimum Gasteiger partial charge on any atom is -0.362 e. The van der Waals surface area contributed by atoms with Crippen LogP contribution in [0.3, 0.4) is 0 Å². The van der Waals surface area contributed by atoms with Crippen molar-refractivity contribution in [3.63, 3.8) is 0 Å². The standard InChI is InChI=1S/C10H15N5S2/c1-3-4-11-9-12-5-8(17-9)6-16-10-13-7-14-15(10)2/h5,7H,3-4,6H2,1-2H3,(H,11,12). The van der Waals surface area contributed by atoms with Crippen LogP contribution in [0.4, 0.5) is 5.13 Å². The largest absolute Gasteiger partial charge is 0.362 e. The van der Waals surface area contributed by atoms with E-state index < -0.39 is 0 Å². The number of nitrogens with one attached hydrogen (secondary N) is 1. The van der Waals surface area contributed by atoms with E-state index in [0.717, 1.165) is 29.0 Å². The minimum atomic E-state index is 0.887. The Morgan fingerprint density at radius 3 is 3.06 bits per heavy atom. The molecular weight excluding hydrogens is 254 g/mol. The van der Waals surface area contributed by atoms with E-state index in [1.165, 1.54) is 4.88 Å². The number of aryl methyl sites for hydroxylation is 1. The fourth-order valence-corrected chi connectivity index (χ4v) is 2.99. The summed E-state index contributed by atoms with van der Waals surface area (Å²) in [5, 5.41) is 9.25. The molecule has 92 valence electrons. The van der Waals surface area contributed by atoms with Crippen molar-refractivity contribution in [1.82, 2.24) is 19.7 Å². The van der Waals surface area contributed by atoms with Crippen LogP contribution >= 0.6 is 23.1 Å². The van der Waals surface area contributed by atoms with Crippen molar-refractivity contribution in [3.8, 4) is 0 Å². The smallest absolute Gasteiger partial charge is 0.186 e. The van der Waals surface area contributed by atoms with E-state index >= 15 is 0 Å². The SMILES string of the molecule is CCCNc1ncc(CSc2ncnn2C)s1. The quantitative estimate of drug-likeness (QED) is 0.816. The Balaban J connectivity index is 1.87. The summed E-state index contributed by atoms with van der Waals surface area (Å²) in [6.45, 7) is 3.12. The van der Waals surface area contributed by atoms with Gasteiger partial charge in [0.25, 0.3) is 0 Å². The number of hydrogen-bond donors (Lipinski definition) is 1. The first-order valence-corrected chi connectivity index (χ1v) is 7.25. The first-order valence-electron chi connectivity index (χ1n) is 5.45. The summed E-state index contributed by atoms with van der Waals surface area (Å²) < 4.78 is 1.78. The van der Waals surface area contributed by atoms with Crippen LogP contribution in [0, 0.1) is 0 Å². The van der Waals surface area contributed by atoms with Crippen molar-refractivity contribution in [2.45, 2.75) is 24.3 Å². The maximum Gasteiger partial charge on any atom is 0.186 e. The molecule has 0 aliphatic carbocycles. The molecule has 17 heavy (non-hydrogen) atoms. The molecule has 2 heterocycles. The Labute approximate surface area is 109 Å². The molecule has 0 aromatic carbocycles. The summed E-state index contributed by atoms with van der Waals surface area (Å²) in [5.41, 5.74) is 0. The molecule has 0 aliphatic rings. The van der Waals surface area contributed by atoms with E-state index in [2.05, 4.69) is 27.3 Å². The highest BCUT2D eigenvalue weighted by atomic mass is 32.2. The summed E-state index contributed by atoms with van der Waals surface area (Å²) in [6, 6.07) is 0. The van der Waals surface area contributed by atoms with Crippen molar-refractivity contribution in [1.29, 1.82) is 0 Å². The van der Waals surface area contributed by atoms with Crippen molar-refractivity contribution < 1.29 is 0 Å². The monoisotopic (exact) mass is 269 g/mol. The fraction of sp³-hybridized carbons (Fsp3) is 0.500. The van der Waals surface area contributed by atoms with E-state index in [0.29, 0.717) is 0 Å². The summed E-state index contributed by atoms with van der Waals surface area (Å²) in [6.07, 6.45) is 4.61. The minimum absolute atomic E-state index is 0.887. The molecular formula is C10H15N5S2. The van der Waals surface area contributed by atoms with Gasteiger partial charge in [-0.05, 0) is 6.42 Å². The lowest BCUT2D eigenvalue weighted by Gasteiger charge is -1.98. The second-order valence-electron chi connectivity index (χ2n) is 3.51. The summed E-state index contributed by atoms with van der Waals surface area (Å²) in [5.74, 6) is 0.887. The molecule has 5 nitrogen and oxygen atoms in total. The predicted molar refractivity (Wildman–Crippen MR) is 71.5 cm³/mol. The number of hydrogen-bond acceptors (Lipinski definition) is 6. The molecule has 1 N–H and O–H groups in total. The zero-order valence-electron chi connectivity index (χ0n) is 9.88. The molecule has 0 saturated heterocycles. The highest BCUT2D eigenvalue weighted by Gasteiger charge is 2.05. The van der Waals surface area contributed by atoms with E-state index in [-0.39, 0.29) is 0 Å². The van der Waals surface area contributed by atoms with Gasteiger partial charge in [0.2, 0.25) is 0 Å². The zero-order valence-corrected chi connectivity index (χ0v) is 11.5. The molecule has 2 rings (SSSR count). The third-order valence-electron chi connectivity index (χ3n) is 2.09. The molecule has 0 bridgehead atoms. The molecule has 0 atom stereocenters. The normalized spacial score (nSPS) is 10.7. The number of thiazole rings is 1. The van der Waals surface area contributed by atoms with Gasteiger partial charge in [-0.2, -0.15) is 5.10 Å². The lowest BCUT2D eigenvalue weighted by Crippen LogP contribution is -1.97. The predicted octanol–water partition coefficient (Wildman–Crippen LogP) is 2.39. The molecule has 0 saturated carbocycles. The molecule has 0 unspecified atom stereocenters. The van der Waals surface area contributed by atoms with Crippen LogP contribution in [0.1, 0.15) is 18.2 Å². The van der Waals surface area contributed by atoms with E-state index in [9.17, 15) is 0 Å². The average molecular weight is 269 g/mol. The van der Waals surface area contributed by atoms with Crippen molar-refractivity contribution in [3.05, 3.63) is 17.4 Å². The molecule has 7 heteroatoms. The highest BCUT2D eigenvalue weighted by molar-refractivity contribution is 7.98. The van der Waals surface area contributed by atoms with Gasteiger partial charge in [-0.15, -0.1) is 11.3 Å². The lowest BCUT2D eigenvalue weighted by atomic mass is 10.5.